The van der Waals surface area contributed by atoms with Gasteiger partial charge in [0.2, 0.25) is 5.91 Å². The van der Waals surface area contributed by atoms with Crippen molar-refractivity contribution in [2.45, 2.75) is 32.3 Å². The number of anilines is 1. The molecule has 0 radical (unpaired) electrons. The van der Waals surface area contributed by atoms with Crippen LogP contribution < -0.4 is 5.32 Å². The third kappa shape index (κ3) is 3.82. The number of hydrogen-bond acceptors (Lipinski definition) is 5. The van der Waals surface area contributed by atoms with Crippen LogP contribution >= 0.6 is 0 Å². The minimum absolute atomic E-state index is 0.0437. The molecule has 2 unspecified atom stereocenters. The Balaban J connectivity index is 1.35. The topological polar surface area (TPSA) is 84.7 Å². The van der Waals surface area contributed by atoms with Crippen molar-refractivity contribution >= 4 is 17.7 Å². The lowest BCUT2D eigenvalue weighted by Crippen LogP contribution is -2.43. The second kappa shape index (κ2) is 7.42. The molecule has 142 valence electrons. The van der Waals surface area contributed by atoms with Crippen molar-refractivity contribution in [3.05, 3.63) is 48.2 Å². The summed E-state index contributed by atoms with van der Waals surface area (Å²) in [7, 11) is 0. The van der Waals surface area contributed by atoms with E-state index in [4.69, 9.17) is 9.15 Å². The summed E-state index contributed by atoms with van der Waals surface area (Å²) >= 11 is 0. The molecular weight excluding hydrogens is 346 g/mol. The lowest BCUT2D eigenvalue weighted by molar-refractivity contribution is -0.131. The highest BCUT2D eigenvalue weighted by molar-refractivity contribution is 5.84. The second-order valence-corrected chi connectivity index (χ2v) is 7.34. The van der Waals surface area contributed by atoms with Crippen LogP contribution in [0.2, 0.25) is 0 Å². The standard InChI is InChI=1S/C20H23N3O4/c1-13(24)23-9-15-2-3-16(10-23)19(15)14-4-6-17(7-5-14)22-20(25)26-11-18-8-21-12-27-18/h4-8,12,15-16,19H,2-3,9-11H2,1H3,(H,22,25). The van der Waals surface area contributed by atoms with Gasteiger partial charge in [-0.2, -0.15) is 0 Å². The van der Waals surface area contributed by atoms with E-state index in [1.54, 1.807) is 6.92 Å². The third-order valence-corrected chi connectivity index (χ3v) is 5.65. The molecule has 4 rings (SSSR count). The van der Waals surface area contributed by atoms with Gasteiger partial charge in [-0.05, 0) is 48.3 Å². The number of amides is 2. The third-order valence-electron chi connectivity index (χ3n) is 5.65. The maximum absolute atomic E-state index is 11.9. The zero-order chi connectivity index (χ0) is 18.8. The molecule has 1 N–H and O–H groups in total. The van der Waals surface area contributed by atoms with E-state index in [1.165, 1.54) is 31.0 Å². The van der Waals surface area contributed by atoms with E-state index in [9.17, 15) is 9.59 Å². The maximum Gasteiger partial charge on any atom is 0.412 e. The fourth-order valence-corrected chi connectivity index (χ4v) is 4.42. The summed E-state index contributed by atoms with van der Waals surface area (Å²) in [6.45, 7) is 3.40. The first-order chi connectivity index (χ1) is 13.1. The number of ether oxygens (including phenoxy) is 1. The molecule has 2 amide bonds. The fraction of sp³-hybridized carbons (Fsp3) is 0.450. The Bertz CT molecular complexity index is 789. The number of piperidine rings is 1. The predicted molar refractivity (Wildman–Crippen MR) is 98.0 cm³/mol. The number of nitrogens with zero attached hydrogens (tertiary/aromatic N) is 2. The van der Waals surface area contributed by atoms with Crippen LogP contribution in [0.4, 0.5) is 10.5 Å². The van der Waals surface area contributed by atoms with E-state index < -0.39 is 6.09 Å². The van der Waals surface area contributed by atoms with Crippen molar-refractivity contribution in [3.63, 3.8) is 0 Å². The molecule has 1 aliphatic carbocycles. The van der Waals surface area contributed by atoms with Gasteiger partial charge in [0.15, 0.2) is 18.8 Å². The predicted octanol–water partition coefficient (Wildman–Crippen LogP) is 3.40. The number of carbonyl (C=O) groups is 2. The van der Waals surface area contributed by atoms with Gasteiger partial charge in [0, 0.05) is 25.7 Å². The van der Waals surface area contributed by atoms with Crippen LogP contribution in [0.5, 0.6) is 0 Å². The number of benzene rings is 1. The lowest BCUT2D eigenvalue weighted by atomic mass is 9.80. The van der Waals surface area contributed by atoms with Crippen molar-refractivity contribution in [2.75, 3.05) is 18.4 Å². The quantitative estimate of drug-likeness (QED) is 0.893. The first kappa shape index (κ1) is 17.6. The van der Waals surface area contributed by atoms with Crippen molar-refractivity contribution < 1.29 is 18.7 Å². The molecule has 0 spiro atoms. The molecule has 1 aliphatic heterocycles. The normalized spacial score (nSPS) is 23.9. The molecule has 2 heterocycles. The molecule has 2 atom stereocenters. The summed E-state index contributed by atoms with van der Waals surface area (Å²) < 4.78 is 10.1. The summed E-state index contributed by atoms with van der Waals surface area (Å²) in [4.78, 5) is 29.3. The van der Waals surface area contributed by atoms with E-state index in [0.717, 1.165) is 13.1 Å². The molecule has 1 saturated heterocycles. The Kier molecular flexibility index (Phi) is 4.83. The highest BCUT2D eigenvalue weighted by Gasteiger charge is 2.43. The van der Waals surface area contributed by atoms with Gasteiger partial charge in [-0.25, -0.2) is 9.78 Å². The number of carbonyl (C=O) groups excluding carboxylic acids is 2. The van der Waals surface area contributed by atoms with E-state index in [0.29, 0.717) is 29.2 Å². The molecular formula is C20H23N3O4. The monoisotopic (exact) mass is 369 g/mol. The maximum atomic E-state index is 11.9. The van der Waals surface area contributed by atoms with Crippen molar-refractivity contribution in [1.82, 2.24) is 9.88 Å². The van der Waals surface area contributed by atoms with Gasteiger partial charge in [-0.1, -0.05) is 12.1 Å². The van der Waals surface area contributed by atoms with Crippen LogP contribution in [0.15, 0.2) is 41.3 Å². The van der Waals surface area contributed by atoms with Crippen molar-refractivity contribution in [1.29, 1.82) is 0 Å². The molecule has 2 fully saturated rings. The minimum atomic E-state index is -0.533. The average Bonchev–Trinajstić information content (AvgIpc) is 3.26. The molecule has 7 nitrogen and oxygen atoms in total. The van der Waals surface area contributed by atoms with E-state index in [-0.39, 0.29) is 12.5 Å². The molecule has 1 aromatic carbocycles. The number of fused-ring (bicyclic) bond motifs is 2. The SMILES string of the molecule is CC(=O)N1CC2CCC(C1)C2c1ccc(NC(=O)OCc2cnco2)cc1. The van der Waals surface area contributed by atoms with Crippen molar-refractivity contribution in [2.24, 2.45) is 11.8 Å². The molecule has 2 bridgehead atoms. The zero-order valence-corrected chi connectivity index (χ0v) is 15.3. The molecule has 1 saturated carbocycles. The summed E-state index contributed by atoms with van der Waals surface area (Å²) in [5, 5.41) is 2.72. The first-order valence-corrected chi connectivity index (χ1v) is 9.27. The second-order valence-electron chi connectivity index (χ2n) is 7.34. The Hall–Kier alpha value is -2.83. The first-order valence-electron chi connectivity index (χ1n) is 9.27. The highest BCUT2D eigenvalue weighted by Crippen LogP contribution is 2.48. The van der Waals surface area contributed by atoms with Crippen LogP contribution in [0.1, 0.15) is 37.0 Å². The van der Waals surface area contributed by atoms with Gasteiger partial charge in [0.25, 0.3) is 0 Å². The Morgan fingerprint density at radius 2 is 1.93 bits per heavy atom. The zero-order valence-electron chi connectivity index (χ0n) is 15.3. The van der Waals surface area contributed by atoms with Gasteiger partial charge < -0.3 is 14.1 Å². The number of aromatic nitrogens is 1. The lowest BCUT2D eigenvalue weighted by Gasteiger charge is -2.38. The summed E-state index contributed by atoms with van der Waals surface area (Å²) in [5.74, 6) is 2.21. The van der Waals surface area contributed by atoms with Gasteiger partial charge >= 0.3 is 6.09 Å². The van der Waals surface area contributed by atoms with Gasteiger partial charge in [-0.15, -0.1) is 0 Å². The summed E-state index contributed by atoms with van der Waals surface area (Å²) in [6.07, 6.45) is 4.62. The Labute approximate surface area is 157 Å². The van der Waals surface area contributed by atoms with E-state index >= 15 is 0 Å². The average molecular weight is 369 g/mol. The van der Waals surface area contributed by atoms with Crippen LogP contribution in [0, 0.1) is 11.8 Å². The smallest absolute Gasteiger partial charge is 0.412 e. The molecule has 7 heteroatoms. The number of oxazole rings is 1. The summed E-state index contributed by atoms with van der Waals surface area (Å²) in [6, 6.07) is 7.96. The van der Waals surface area contributed by atoms with Crippen LogP contribution in [0.3, 0.4) is 0 Å². The fourth-order valence-electron chi connectivity index (χ4n) is 4.42. The number of nitrogens with one attached hydrogen (secondary N) is 1. The van der Waals surface area contributed by atoms with E-state index in [2.05, 4.69) is 22.4 Å². The van der Waals surface area contributed by atoms with Gasteiger partial charge in [0.05, 0.1) is 6.20 Å². The molecule has 1 aromatic heterocycles. The highest BCUT2D eigenvalue weighted by atomic mass is 16.6. The number of rotatable bonds is 4. The van der Waals surface area contributed by atoms with Crippen molar-refractivity contribution in [3.8, 4) is 0 Å². The number of likely N-dealkylation sites (tertiary alicyclic amines) is 1. The molecule has 2 aliphatic rings. The Morgan fingerprint density at radius 1 is 1.22 bits per heavy atom. The van der Waals surface area contributed by atoms with Crippen LogP contribution in [0.25, 0.3) is 0 Å². The summed E-state index contributed by atoms with van der Waals surface area (Å²) in [5.41, 5.74) is 1.97. The molecule has 27 heavy (non-hydrogen) atoms. The van der Waals surface area contributed by atoms with Gasteiger partial charge in [-0.3, -0.25) is 10.1 Å². The van der Waals surface area contributed by atoms with E-state index in [1.807, 2.05) is 17.0 Å². The number of hydrogen-bond donors (Lipinski definition) is 1. The minimum Gasteiger partial charge on any atom is -0.445 e. The van der Waals surface area contributed by atoms with Crippen LogP contribution in [-0.2, 0) is 16.1 Å². The molecule has 2 aromatic rings. The Morgan fingerprint density at radius 3 is 2.52 bits per heavy atom. The largest absolute Gasteiger partial charge is 0.445 e. The van der Waals surface area contributed by atoms with Gasteiger partial charge in [0.1, 0.15) is 0 Å². The van der Waals surface area contributed by atoms with Crippen LogP contribution in [-0.4, -0.2) is 35.0 Å².